The molecular formula is C23H39N5O5. The van der Waals surface area contributed by atoms with Crippen molar-refractivity contribution in [2.75, 3.05) is 57.8 Å². The zero-order valence-corrected chi connectivity index (χ0v) is 19.9. The van der Waals surface area contributed by atoms with Crippen molar-refractivity contribution in [2.24, 2.45) is 0 Å². The predicted octanol–water partition coefficient (Wildman–Crippen LogP) is 3.16. The number of amides is 4. The zero-order valence-electron chi connectivity index (χ0n) is 19.9. The van der Waals surface area contributed by atoms with Gasteiger partial charge in [0.05, 0.1) is 0 Å². The van der Waals surface area contributed by atoms with E-state index in [9.17, 15) is 14.4 Å². The number of hydrogen-bond donors (Lipinski definition) is 4. The van der Waals surface area contributed by atoms with Gasteiger partial charge in [0.15, 0.2) is 0 Å². The number of ether oxygens (including phenoxy) is 2. The molecule has 0 aromatic heterocycles. The first kappa shape index (κ1) is 28.0. The molecule has 0 radical (unpaired) electrons. The third-order valence-electron chi connectivity index (χ3n) is 4.63. The number of unbranched alkanes of at least 4 members (excludes halogenated alkanes) is 2. The normalized spacial score (nSPS) is 10.4. The van der Waals surface area contributed by atoms with Crippen molar-refractivity contribution in [1.29, 1.82) is 0 Å². The van der Waals surface area contributed by atoms with Crippen LogP contribution in [0.5, 0.6) is 0 Å². The number of nitrogens with zero attached hydrogens (tertiary/aromatic N) is 1. The van der Waals surface area contributed by atoms with Gasteiger partial charge < -0.3 is 30.7 Å². The Kier molecular flexibility index (Phi) is 15.8. The standard InChI is InChI=1S/C23H39N5O5/c1-3-5-12-25-22(30)32-18-16-28(17-19-33-23(31)26-13-6-4-2)15-14-24-21(29)27-20-10-8-7-9-11-20/h7-11H,3-6,12-19H2,1-2H3,(H,25,30)(H,26,31)(H2,24,27,29). The summed E-state index contributed by atoms with van der Waals surface area (Å²) in [6, 6.07) is 8.86. The van der Waals surface area contributed by atoms with E-state index in [4.69, 9.17) is 9.47 Å². The van der Waals surface area contributed by atoms with Crippen LogP contribution in [0.15, 0.2) is 30.3 Å². The Morgan fingerprint density at radius 1 is 0.758 bits per heavy atom. The highest BCUT2D eigenvalue weighted by atomic mass is 16.6. The summed E-state index contributed by atoms with van der Waals surface area (Å²) >= 11 is 0. The van der Waals surface area contributed by atoms with Gasteiger partial charge in [-0.2, -0.15) is 0 Å². The van der Waals surface area contributed by atoms with Gasteiger partial charge >= 0.3 is 18.2 Å². The third kappa shape index (κ3) is 15.4. The van der Waals surface area contributed by atoms with Crippen molar-refractivity contribution in [3.05, 3.63) is 30.3 Å². The smallest absolute Gasteiger partial charge is 0.407 e. The number of benzene rings is 1. The van der Waals surface area contributed by atoms with Crippen LogP contribution >= 0.6 is 0 Å². The van der Waals surface area contributed by atoms with Crippen LogP contribution in [0.1, 0.15) is 39.5 Å². The maximum Gasteiger partial charge on any atom is 0.407 e. The first-order chi connectivity index (χ1) is 16.0. The van der Waals surface area contributed by atoms with E-state index < -0.39 is 12.2 Å². The van der Waals surface area contributed by atoms with Crippen LogP contribution in [0.25, 0.3) is 0 Å². The molecule has 0 aliphatic carbocycles. The maximum absolute atomic E-state index is 12.1. The predicted molar refractivity (Wildman–Crippen MR) is 128 cm³/mol. The van der Waals surface area contributed by atoms with Gasteiger partial charge in [0.25, 0.3) is 0 Å². The molecule has 4 amide bonds. The molecule has 186 valence electrons. The van der Waals surface area contributed by atoms with Gasteiger partial charge in [0.1, 0.15) is 13.2 Å². The van der Waals surface area contributed by atoms with Gasteiger partial charge in [0.2, 0.25) is 0 Å². The summed E-state index contributed by atoms with van der Waals surface area (Å²) in [7, 11) is 0. The number of para-hydroxylation sites is 1. The van der Waals surface area contributed by atoms with Crippen molar-refractivity contribution >= 4 is 23.9 Å². The highest BCUT2D eigenvalue weighted by Gasteiger charge is 2.10. The summed E-state index contributed by atoms with van der Waals surface area (Å²) < 4.78 is 10.4. The Hall–Kier alpha value is -3.01. The van der Waals surface area contributed by atoms with E-state index in [0.717, 1.165) is 25.7 Å². The van der Waals surface area contributed by atoms with Gasteiger partial charge in [-0.3, -0.25) is 4.90 Å². The SMILES string of the molecule is CCCCNC(=O)OCCN(CCNC(=O)Nc1ccccc1)CCOC(=O)NCCCC. The highest BCUT2D eigenvalue weighted by molar-refractivity contribution is 5.89. The Labute approximate surface area is 196 Å². The summed E-state index contributed by atoms with van der Waals surface area (Å²) in [5, 5.41) is 11.0. The lowest BCUT2D eigenvalue weighted by Crippen LogP contribution is -2.40. The number of anilines is 1. The molecule has 0 aliphatic heterocycles. The first-order valence-corrected chi connectivity index (χ1v) is 11.7. The summed E-state index contributed by atoms with van der Waals surface area (Å²) in [6.45, 7) is 7.42. The van der Waals surface area contributed by atoms with Crippen molar-refractivity contribution in [3.8, 4) is 0 Å². The van der Waals surface area contributed by atoms with Gasteiger partial charge in [0, 0.05) is 45.0 Å². The lowest BCUT2D eigenvalue weighted by Gasteiger charge is -2.22. The van der Waals surface area contributed by atoms with E-state index >= 15 is 0 Å². The minimum absolute atomic E-state index is 0.191. The maximum atomic E-state index is 12.1. The second-order valence-electron chi connectivity index (χ2n) is 7.42. The number of rotatable bonds is 16. The molecule has 1 rings (SSSR count). The van der Waals surface area contributed by atoms with Crippen LogP contribution < -0.4 is 21.3 Å². The Morgan fingerprint density at radius 3 is 1.82 bits per heavy atom. The number of alkyl carbamates (subject to hydrolysis) is 2. The fraction of sp³-hybridized carbons (Fsp3) is 0.609. The van der Waals surface area contributed by atoms with Crippen LogP contribution in [0.4, 0.5) is 20.1 Å². The number of carbonyl (C=O) groups excluding carboxylic acids is 3. The second kappa shape index (κ2) is 18.6. The fourth-order valence-corrected chi connectivity index (χ4v) is 2.73. The van der Waals surface area contributed by atoms with E-state index in [-0.39, 0.29) is 19.2 Å². The Balaban J connectivity index is 2.37. The molecule has 0 unspecified atom stereocenters. The number of nitrogens with one attached hydrogen (secondary N) is 4. The molecule has 0 spiro atoms. The molecule has 33 heavy (non-hydrogen) atoms. The van der Waals surface area contributed by atoms with Crippen molar-refractivity contribution < 1.29 is 23.9 Å². The molecule has 10 nitrogen and oxygen atoms in total. The largest absolute Gasteiger partial charge is 0.448 e. The van der Waals surface area contributed by atoms with E-state index in [0.29, 0.717) is 45.0 Å². The number of carbonyl (C=O) groups is 3. The monoisotopic (exact) mass is 465 g/mol. The lowest BCUT2D eigenvalue weighted by molar-refractivity contribution is 0.107. The molecule has 0 saturated heterocycles. The molecule has 10 heteroatoms. The summed E-state index contributed by atoms with van der Waals surface area (Å²) in [6.07, 6.45) is 2.88. The Morgan fingerprint density at radius 2 is 1.30 bits per heavy atom. The van der Waals surface area contributed by atoms with Crippen molar-refractivity contribution in [3.63, 3.8) is 0 Å². The van der Waals surface area contributed by atoms with Crippen molar-refractivity contribution in [1.82, 2.24) is 20.9 Å². The van der Waals surface area contributed by atoms with E-state index in [1.165, 1.54) is 0 Å². The van der Waals surface area contributed by atoms with Gasteiger partial charge in [-0.1, -0.05) is 44.9 Å². The van der Waals surface area contributed by atoms with Gasteiger partial charge in [-0.05, 0) is 25.0 Å². The second-order valence-corrected chi connectivity index (χ2v) is 7.42. The minimum Gasteiger partial charge on any atom is -0.448 e. The summed E-state index contributed by atoms with van der Waals surface area (Å²) in [5.41, 5.74) is 0.705. The Bertz CT molecular complexity index is 646. The summed E-state index contributed by atoms with van der Waals surface area (Å²) in [4.78, 5) is 37.4. The van der Waals surface area contributed by atoms with Gasteiger partial charge in [-0.25, -0.2) is 14.4 Å². The van der Waals surface area contributed by atoms with E-state index in [1.54, 1.807) is 12.1 Å². The van der Waals surface area contributed by atoms with E-state index in [1.807, 2.05) is 36.9 Å². The van der Waals surface area contributed by atoms with Crippen LogP contribution in [-0.4, -0.2) is 75.6 Å². The molecule has 0 saturated carbocycles. The molecule has 4 N–H and O–H groups in total. The summed E-state index contributed by atoms with van der Waals surface area (Å²) in [5.74, 6) is 0. The highest BCUT2D eigenvalue weighted by Crippen LogP contribution is 2.04. The molecule has 1 aromatic carbocycles. The van der Waals surface area contributed by atoms with Gasteiger partial charge in [-0.15, -0.1) is 0 Å². The molecule has 0 heterocycles. The van der Waals surface area contributed by atoms with Crippen LogP contribution in [0.2, 0.25) is 0 Å². The van der Waals surface area contributed by atoms with Crippen LogP contribution in [-0.2, 0) is 9.47 Å². The third-order valence-corrected chi connectivity index (χ3v) is 4.63. The molecule has 1 aromatic rings. The molecule has 0 bridgehead atoms. The first-order valence-electron chi connectivity index (χ1n) is 11.7. The minimum atomic E-state index is -0.449. The molecule has 0 atom stereocenters. The zero-order chi connectivity index (χ0) is 24.2. The molecule has 0 aliphatic rings. The average molecular weight is 466 g/mol. The fourth-order valence-electron chi connectivity index (χ4n) is 2.73. The van der Waals surface area contributed by atoms with E-state index in [2.05, 4.69) is 21.3 Å². The average Bonchev–Trinajstić information content (AvgIpc) is 2.80. The number of hydrogen-bond acceptors (Lipinski definition) is 6. The number of urea groups is 1. The quantitative estimate of drug-likeness (QED) is 0.278. The molecular weight excluding hydrogens is 426 g/mol. The van der Waals surface area contributed by atoms with Crippen molar-refractivity contribution in [2.45, 2.75) is 39.5 Å². The molecule has 0 fully saturated rings. The topological polar surface area (TPSA) is 121 Å². The lowest BCUT2D eigenvalue weighted by atomic mass is 10.3. The van der Waals surface area contributed by atoms with Crippen LogP contribution in [0, 0.1) is 0 Å². The van der Waals surface area contributed by atoms with Crippen LogP contribution in [0.3, 0.4) is 0 Å².